The first-order valence-electron chi connectivity index (χ1n) is 8.51. The topological polar surface area (TPSA) is 55.1 Å². The third-order valence-corrected chi connectivity index (χ3v) is 4.26. The Labute approximate surface area is 158 Å². The number of carbonyl (C=O) groups is 1. The maximum atomic E-state index is 13.0. The number of benzene rings is 2. The maximum absolute atomic E-state index is 13.0. The van der Waals surface area contributed by atoms with Crippen molar-refractivity contribution >= 4 is 5.78 Å². The number of phenolic OH excluding ortho intramolecular Hbond substituents is 1. The zero-order chi connectivity index (χ0) is 19.4. The van der Waals surface area contributed by atoms with Gasteiger partial charge in [0.2, 0.25) is 5.78 Å². The van der Waals surface area contributed by atoms with Gasteiger partial charge in [-0.05, 0) is 31.2 Å². The summed E-state index contributed by atoms with van der Waals surface area (Å²) in [6.07, 6.45) is 4.68. The van der Waals surface area contributed by atoms with Crippen molar-refractivity contribution in [2.45, 2.75) is 6.92 Å². The molecule has 3 rings (SSSR count). The van der Waals surface area contributed by atoms with Crippen LogP contribution in [0.25, 0.3) is 16.9 Å². The second-order valence-electron chi connectivity index (χ2n) is 6.01. The Balaban J connectivity index is 2.25. The maximum Gasteiger partial charge on any atom is 0.213 e. The smallest absolute Gasteiger partial charge is 0.213 e. The fraction of sp³-hybridized carbons (Fsp3) is 0.0435. The molecule has 4 nitrogen and oxygen atoms in total. The van der Waals surface area contributed by atoms with E-state index in [0.717, 1.165) is 22.5 Å². The first-order chi connectivity index (χ1) is 13.1. The van der Waals surface area contributed by atoms with Gasteiger partial charge < -0.3 is 5.11 Å². The van der Waals surface area contributed by atoms with Gasteiger partial charge in [-0.25, -0.2) is 4.68 Å². The van der Waals surface area contributed by atoms with E-state index >= 15 is 0 Å². The highest BCUT2D eigenvalue weighted by Crippen LogP contribution is 2.30. The van der Waals surface area contributed by atoms with Gasteiger partial charge in [0.15, 0.2) is 0 Å². The summed E-state index contributed by atoms with van der Waals surface area (Å²) in [4.78, 5) is 13.0. The first kappa shape index (κ1) is 18.1. The quantitative estimate of drug-likeness (QED) is 0.383. The molecule has 134 valence electrons. The van der Waals surface area contributed by atoms with Gasteiger partial charge in [0.05, 0.1) is 11.4 Å². The Morgan fingerprint density at radius 1 is 1.07 bits per heavy atom. The molecule has 3 aromatic rings. The van der Waals surface area contributed by atoms with Gasteiger partial charge in [-0.3, -0.25) is 4.79 Å². The van der Waals surface area contributed by atoms with Crippen LogP contribution in [0.3, 0.4) is 0 Å². The van der Waals surface area contributed by atoms with Crippen LogP contribution in [0, 0.1) is 6.92 Å². The number of nitrogens with zero attached hydrogens (tertiary/aromatic N) is 2. The number of phenols is 1. The SMILES string of the molecule is C=C/C=C(\C=C)C(=O)c1nn(-c2ccc(O)cc2)c(-c2ccccc2)c1C. The van der Waals surface area contributed by atoms with Gasteiger partial charge in [0, 0.05) is 16.7 Å². The number of hydrogen-bond donors (Lipinski definition) is 1. The van der Waals surface area contributed by atoms with E-state index in [4.69, 9.17) is 0 Å². The first-order valence-corrected chi connectivity index (χ1v) is 8.51. The van der Waals surface area contributed by atoms with Gasteiger partial charge >= 0.3 is 0 Å². The van der Waals surface area contributed by atoms with E-state index in [9.17, 15) is 9.90 Å². The molecule has 27 heavy (non-hydrogen) atoms. The molecule has 0 fully saturated rings. The largest absolute Gasteiger partial charge is 0.508 e. The molecule has 1 aromatic heterocycles. The van der Waals surface area contributed by atoms with Crippen molar-refractivity contribution < 1.29 is 9.90 Å². The van der Waals surface area contributed by atoms with Crippen LogP contribution < -0.4 is 0 Å². The van der Waals surface area contributed by atoms with E-state index in [1.807, 2.05) is 37.3 Å². The number of hydrogen-bond acceptors (Lipinski definition) is 3. The zero-order valence-corrected chi connectivity index (χ0v) is 15.1. The van der Waals surface area contributed by atoms with E-state index in [1.165, 1.54) is 6.08 Å². The molecule has 0 amide bonds. The summed E-state index contributed by atoms with van der Waals surface area (Å²) in [6.45, 7) is 9.24. The number of aromatic nitrogens is 2. The molecule has 0 saturated carbocycles. The molecule has 0 radical (unpaired) electrons. The molecule has 1 N–H and O–H groups in total. The molecule has 0 aliphatic carbocycles. The van der Waals surface area contributed by atoms with E-state index in [0.29, 0.717) is 11.3 Å². The third kappa shape index (κ3) is 3.51. The van der Waals surface area contributed by atoms with E-state index in [-0.39, 0.29) is 11.5 Å². The summed E-state index contributed by atoms with van der Waals surface area (Å²) in [5.41, 5.74) is 4.09. The second kappa shape index (κ2) is 7.70. The summed E-state index contributed by atoms with van der Waals surface area (Å²) in [5.74, 6) is -0.0415. The number of rotatable bonds is 6. The standard InChI is InChI=1S/C23H20N2O2/c1-4-9-17(5-2)23(27)21-16(3)22(18-10-7-6-8-11-18)25(24-21)19-12-14-20(26)15-13-19/h4-15,26H,1-2H2,3H3/b17-9+. The van der Waals surface area contributed by atoms with Crippen molar-refractivity contribution in [3.05, 3.63) is 103 Å². The Hall–Kier alpha value is -3.66. The molecule has 0 bridgehead atoms. The number of allylic oxidation sites excluding steroid dienone is 4. The van der Waals surface area contributed by atoms with Crippen molar-refractivity contribution in [1.82, 2.24) is 9.78 Å². The number of ketones is 1. The molecule has 4 heteroatoms. The predicted octanol–water partition coefficient (Wildman–Crippen LogP) is 5.03. The van der Waals surface area contributed by atoms with Crippen LogP contribution in [-0.2, 0) is 0 Å². The second-order valence-corrected chi connectivity index (χ2v) is 6.01. The van der Waals surface area contributed by atoms with E-state index in [2.05, 4.69) is 18.3 Å². The Bertz CT molecular complexity index is 1030. The lowest BCUT2D eigenvalue weighted by atomic mass is 10.0. The highest BCUT2D eigenvalue weighted by atomic mass is 16.3. The van der Waals surface area contributed by atoms with Crippen LogP contribution in [-0.4, -0.2) is 20.7 Å². The van der Waals surface area contributed by atoms with Crippen LogP contribution >= 0.6 is 0 Å². The fourth-order valence-corrected chi connectivity index (χ4v) is 2.93. The Kier molecular flexibility index (Phi) is 5.18. The molecule has 0 spiro atoms. The Morgan fingerprint density at radius 3 is 2.33 bits per heavy atom. The monoisotopic (exact) mass is 356 g/mol. The van der Waals surface area contributed by atoms with Gasteiger partial charge in [0.25, 0.3) is 0 Å². The van der Waals surface area contributed by atoms with Crippen molar-refractivity contribution in [2.24, 2.45) is 0 Å². The van der Waals surface area contributed by atoms with Gasteiger partial charge in [-0.1, -0.05) is 61.7 Å². The van der Waals surface area contributed by atoms with E-state index < -0.39 is 0 Å². The summed E-state index contributed by atoms with van der Waals surface area (Å²) in [7, 11) is 0. The number of carbonyl (C=O) groups excluding carboxylic acids is 1. The minimum Gasteiger partial charge on any atom is -0.508 e. The Morgan fingerprint density at radius 2 is 1.74 bits per heavy atom. The summed E-state index contributed by atoms with van der Waals surface area (Å²) in [5, 5.41) is 14.2. The van der Waals surface area contributed by atoms with Crippen LogP contribution in [0.5, 0.6) is 5.75 Å². The molecule has 0 unspecified atom stereocenters. The molecule has 1 heterocycles. The van der Waals surface area contributed by atoms with Gasteiger partial charge in [0.1, 0.15) is 11.4 Å². The van der Waals surface area contributed by atoms with Crippen molar-refractivity contribution in [3.63, 3.8) is 0 Å². The van der Waals surface area contributed by atoms with Crippen LogP contribution in [0.4, 0.5) is 0 Å². The lowest BCUT2D eigenvalue weighted by Gasteiger charge is -2.08. The van der Waals surface area contributed by atoms with Gasteiger partial charge in [-0.2, -0.15) is 5.10 Å². The zero-order valence-electron chi connectivity index (χ0n) is 15.1. The molecule has 0 atom stereocenters. The molecule has 0 aliphatic heterocycles. The molecule has 0 aliphatic rings. The van der Waals surface area contributed by atoms with E-state index in [1.54, 1.807) is 41.1 Å². The fourth-order valence-electron chi connectivity index (χ4n) is 2.93. The number of aromatic hydroxyl groups is 1. The summed E-state index contributed by atoms with van der Waals surface area (Å²) >= 11 is 0. The van der Waals surface area contributed by atoms with Crippen molar-refractivity contribution in [3.8, 4) is 22.7 Å². The normalized spacial score (nSPS) is 11.2. The van der Waals surface area contributed by atoms with Crippen LogP contribution in [0.15, 0.2) is 91.6 Å². The molecule has 0 saturated heterocycles. The van der Waals surface area contributed by atoms with Crippen LogP contribution in [0.2, 0.25) is 0 Å². The minimum atomic E-state index is -0.211. The molecular weight excluding hydrogens is 336 g/mol. The summed E-state index contributed by atoms with van der Waals surface area (Å²) in [6, 6.07) is 16.5. The highest BCUT2D eigenvalue weighted by Gasteiger charge is 2.23. The average molecular weight is 356 g/mol. The predicted molar refractivity (Wildman–Crippen MR) is 108 cm³/mol. The number of Topliss-reactive ketones (excluding diaryl/α,β-unsaturated/α-hetero) is 1. The highest BCUT2D eigenvalue weighted by molar-refractivity contribution is 6.11. The van der Waals surface area contributed by atoms with Crippen molar-refractivity contribution in [1.29, 1.82) is 0 Å². The van der Waals surface area contributed by atoms with Crippen LogP contribution in [0.1, 0.15) is 16.1 Å². The minimum absolute atomic E-state index is 0.169. The average Bonchev–Trinajstić information content (AvgIpc) is 3.04. The third-order valence-electron chi connectivity index (χ3n) is 4.26. The summed E-state index contributed by atoms with van der Waals surface area (Å²) < 4.78 is 1.73. The molecule has 2 aromatic carbocycles. The molecular formula is C23H20N2O2. The lowest BCUT2D eigenvalue weighted by Crippen LogP contribution is -2.05. The van der Waals surface area contributed by atoms with Crippen molar-refractivity contribution in [2.75, 3.05) is 0 Å². The van der Waals surface area contributed by atoms with Gasteiger partial charge in [-0.15, -0.1) is 0 Å². The lowest BCUT2D eigenvalue weighted by molar-refractivity contribution is 0.103.